The highest BCUT2D eigenvalue weighted by Crippen LogP contribution is 2.26. The molecule has 3 N–H and O–H groups in total. The van der Waals surface area contributed by atoms with Crippen LogP contribution >= 0.6 is 0 Å². The number of hydrogen-bond acceptors (Lipinski definition) is 5. The number of quaternary nitrogens is 1. The second-order valence-electron chi connectivity index (χ2n) is 6.66. The lowest BCUT2D eigenvalue weighted by Crippen LogP contribution is -3.12. The minimum atomic E-state index is -1.67. The van der Waals surface area contributed by atoms with E-state index in [1.165, 1.54) is 12.0 Å². The fourth-order valence-electron chi connectivity index (χ4n) is 3.52. The van der Waals surface area contributed by atoms with Crippen LogP contribution in [0.2, 0.25) is 0 Å². The maximum atomic E-state index is 12.4. The normalized spacial score (nSPS) is 31.6. The van der Waals surface area contributed by atoms with E-state index in [-0.39, 0.29) is 24.7 Å². The zero-order valence-electron chi connectivity index (χ0n) is 13.8. The third-order valence-electron chi connectivity index (χ3n) is 5.16. The summed E-state index contributed by atoms with van der Waals surface area (Å²) in [7, 11) is 1.46. The smallest absolute Gasteiger partial charge is 0.341 e. The minimum absolute atomic E-state index is 0.0276. The maximum absolute atomic E-state index is 12.4. The average Bonchev–Trinajstić information content (AvgIpc) is 3.06. The van der Waals surface area contributed by atoms with Gasteiger partial charge in [-0.05, 0) is 18.9 Å². The third-order valence-corrected chi connectivity index (χ3v) is 5.16. The summed E-state index contributed by atoms with van der Waals surface area (Å²) in [6, 6.07) is 0.0276. The number of methoxy groups -OCH3 is 1. The van der Waals surface area contributed by atoms with E-state index in [1.54, 1.807) is 20.8 Å². The highest BCUT2D eigenvalue weighted by atomic mass is 16.6. The Balaban J connectivity index is 2.00. The van der Waals surface area contributed by atoms with E-state index in [4.69, 9.17) is 9.47 Å². The second-order valence-corrected chi connectivity index (χ2v) is 6.66. The van der Waals surface area contributed by atoms with Crippen LogP contribution in [-0.2, 0) is 14.3 Å². The number of rotatable bonds is 6. The Hall–Kier alpha value is -0.950. The Labute approximate surface area is 131 Å². The number of carbonyl (C=O) groups excluding carboxylic acids is 1. The highest BCUT2D eigenvalue weighted by molar-refractivity contribution is 5.80. The van der Waals surface area contributed by atoms with Gasteiger partial charge in [-0.3, -0.25) is 0 Å². The van der Waals surface area contributed by atoms with E-state index in [0.717, 1.165) is 25.1 Å². The topological polar surface area (TPSA) is 80.4 Å². The second kappa shape index (κ2) is 6.66. The molecular formula is C16H28NO5+. The van der Waals surface area contributed by atoms with E-state index in [1.807, 2.05) is 6.08 Å². The van der Waals surface area contributed by atoms with Crippen molar-refractivity contribution in [1.82, 2.24) is 0 Å². The van der Waals surface area contributed by atoms with Gasteiger partial charge < -0.3 is 24.6 Å². The van der Waals surface area contributed by atoms with Crippen molar-refractivity contribution in [1.29, 1.82) is 0 Å². The lowest BCUT2D eigenvalue weighted by atomic mass is 9.85. The van der Waals surface area contributed by atoms with E-state index in [9.17, 15) is 15.0 Å². The van der Waals surface area contributed by atoms with Gasteiger partial charge in [-0.2, -0.15) is 0 Å². The SMILES string of the molecule is CO[C@H](C)[C@](O)(C(=O)OCC1=CC[NH+]2CC[C@@H](O)[C@@H]12)C(C)C. The van der Waals surface area contributed by atoms with Crippen LogP contribution < -0.4 is 4.90 Å². The molecular weight excluding hydrogens is 286 g/mol. The average molecular weight is 314 g/mol. The van der Waals surface area contributed by atoms with Gasteiger partial charge in [0.15, 0.2) is 5.60 Å². The standard InChI is InChI=1S/C16H27NO5/c1-10(2)16(20,11(3)21-4)15(19)22-9-12-5-7-17-8-6-13(18)14(12)17/h5,10-11,13-14,18,20H,6-9H2,1-4H3/p+1/t11-,13-,14-,16+/m1/s1. The van der Waals surface area contributed by atoms with E-state index in [2.05, 4.69) is 0 Å². The van der Waals surface area contributed by atoms with Crippen molar-refractivity contribution in [2.75, 3.05) is 26.8 Å². The van der Waals surface area contributed by atoms with Gasteiger partial charge in [0.2, 0.25) is 0 Å². The van der Waals surface area contributed by atoms with Gasteiger partial charge in [-0.1, -0.05) is 13.8 Å². The van der Waals surface area contributed by atoms with E-state index in [0.29, 0.717) is 0 Å². The molecule has 0 aromatic carbocycles. The van der Waals surface area contributed by atoms with E-state index >= 15 is 0 Å². The molecule has 0 spiro atoms. The maximum Gasteiger partial charge on any atom is 0.341 e. The van der Waals surface area contributed by atoms with Crippen molar-refractivity contribution in [2.45, 2.75) is 51.0 Å². The molecule has 0 amide bonds. The van der Waals surface area contributed by atoms with Gasteiger partial charge in [0.05, 0.1) is 19.2 Å². The van der Waals surface area contributed by atoms with Crippen LogP contribution in [0.15, 0.2) is 11.6 Å². The Morgan fingerprint density at radius 1 is 1.50 bits per heavy atom. The molecule has 0 bridgehead atoms. The summed E-state index contributed by atoms with van der Waals surface area (Å²) in [5.41, 5.74) is -0.723. The van der Waals surface area contributed by atoms with Gasteiger partial charge in [-0.25, -0.2) is 4.79 Å². The van der Waals surface area contributed by atoms with Crippen LogP contribution in [0.4, 0.5) is 0 Å². The van der Waals surface area contributed by atoms with Crippen LogP contribution in [0, 0.1) is 5.92 Å². The van der Waals surface area contributed by atoms with Gasteiger partial charge in [0.25, 0.3) is 0 Å². The van der Waals surface area contributed by atoms with Crippen molar-refractivity contribution < 1.29 is 29.4 Å². The predicted octanol–water partition coefficient (Wildman–Crippen LogP) is -1.09. The van der Waals surface area contributed by atoms with Crippen molar-refractivity contribution in [3.63, 3.8) is 0 Å². The van der Waals surface area contributed by atoms with Crippen molar-refractivity contribution in [2.24, 2.45) is 5.92 Å². The van der Waals surface area contributed by atoms with Crippen LogP contribution in [0.5, 0.6) is 0 Å². The zero-order chi connectivity index (χ0) is 16.5. The number of fused-ring (bicyclic) bond motifs is 1. The molecule has 22 heavy (non-hydrogen) atoms. The number of aliphatic hydroxyl groups is 2. The van der Waals surface area contributed by atoms with Gasteiger partial charge in [0, 0.05) is 19.1 Å². The third kappa shape index (κ3) is 2.93. The first-order valence-electron chi connectivity index (χ1n) is 7.96. The number of esters is 1. The van der Waals surface area contributed by atoms with Crippen molar-refractivity contribution in [3.8, 4) is 0 Å². The number of aliphatic hydroxyl groups excluding tert-OH is 1. The molecule has 1 fully saturated rings. The summed E-state index contributed by atoms with van der Waals surface area (Å²) < 4.78 is 10.5. The zero-order valence-corrected chi connectivity index (χ0v) is 13.8. The Morgan fingerprint density at radius 2 is 2.18 bits per heavy atom. The Kier molecular flexibility index (Phi) is 5.27. The predicted molar refractivity (Wildman–Crippen MR) is 80.4 cm³/mol. The van der Waals surface area contributed by atoms with Crippen LogP contribution in [-0.4, -0.2) is 66.8 Å². The number of ether oxygens (including phenoxy) is 2. The summed E-state index contributed by atoms with van der Waals surface area (Å²) >= 11 is 0. The lowest BCUT2D eigenvalue weighted by Gasteiger charge is -2.34. The highest BCUT2D eigenvalue weighted by Gasteiger charge is 2.48. The monoisotopic (exact) mass is 314 g/mol. The molecule has 0 radical (unpaired) electrons. The van der Waals surface area contributed by atoms with Crippen LogP contribution in [0.3, 0.4) is 0 Å². The largest absolute Gasteiger partial charge is 0.459 e. The van der Waals surface area contributed by atoms with Gasteiger partial charge >= 0.3 is 5.97 Å². The number of nitrogens with one attached hydrogen (secondary N) is 1. The minimum Gasteiger partial charge on any atom is -0.459 e. The summed E-state index contributed by atoms with van der Waals surface area (Å²) in [5, 5.41) is 20.7. The van der Waals surface area contributed by atoms with Crippen molar-refractivity contribution >= 4 is 5.97 Å². The van der Waals surface area contributed by atoms with Gasteiger partial charge in [0.1, 0.15) is 18.8 Å². The summed E-state index contributed by atoms with van der Waals surface area (Å²) in [6.07, 6.45) is 1.78. The Bertz CT molecular complexity index is 450. The first-order valence-corrected chi connectivity index (χ1v) is 7.96. The van der Waals surface area contributed by atoms with Crippen LogP contribution in [0.1, 0.15) is 27.2 Å². The Morgan fingerprint density at radius 3 is 2.77 bits per heavy atom. The number of hydrogen-bond donors (Lipinski definition) is 3. The molecule has 1 unspecified atom stereocenters. The molecule has 6 heteroatoms. The molecule has 0 saturated carbocycles. The first-order chi connectivity index (χ1) is 10.3. The van der Waals surface area contributed by atoms with Crippen LogP contribution in [0.25, 0.3) is 0 Å². The van der Waals surface area contributed by atoms with E-state index < -0.39 is 17.7 Å². The molecule has 2 aliphatic rings. The number of carbonyl (C=O) groups is 1. The summed E-state index contributed by atoms with van der Waals surface area (Å²) in [5.74, 6) is -0.995. The molecule has 2 aliphatic heterocycles. The molecule has 2 rings (SSSR count). The fourth-order valence-corrected chi connectivity index (χ4v) is 3.52. The molecule has 0 aromatic heterocycles. The molecule has 6 nitrogen and oxygen atoms in total. The molecule has 126 valence electrons. The quantitative estimate of drug-likeness (QED) is 0.429. The molecule has 0 aromatic rings. The van der Waals surface area contributed by atoms with Gasteiger partial charge in [-0.15, -0.1) is 0 Å². The lowest BCUT2D eigenvalue weighted by molar-refractivity contribution is -0.897. The molecule has 0 aliphatic carbocycles. The first kappa shape index (κ1) is 17.4. The fraction of sp³-hybridized carbons (Fsp3) is 0.812. The molecule has 1 saturated heterocycles. The molecule has 5 atom stereocenters. The summed E-state index contributed by atoms with van der Waals surface area (Å²) in [4.78, 5) is 13.7. The molecule has 2 heterocycles. The summed E-state index contributed by atoms with van der Waals surface area (Å²) in [6.45, 7) is 7.10. The van der Waals surface area contributed by atoms with Crippen molar-refractivity contribution in [3.05, 3.63) is 11.6 Å².